The summed E-state index contributed by atoms with van der Waals surface area (Å²) in [5.41, 5.74) is 0. The Morgan fingerprint density at radius 3 is 2.63 bits per heavy atom. The molecular formula is C13H15NO5. The van der Waals surface area contributed by atoms with E-state index in [1.807, 2.05) is 6.07 Å². The van der Waals surface area contributed by atoms with Gasteiger partial charge in [0.15, 0.2) is 6.61 Å². The van der Waals surface area contributed by atoms with Crippen molar-refractivity contribution in [3.05, 3.63) is 30.3 Å². The van der Waals surface area contributed by atoms with Gasteiger partial charge in [-0.1, -0.05) is 18.2 Å². The number of rotatable bonds is 4. The lowest BCUT2D eigenvalue weighted by molar-refractivity contribution is -0.148. The van der Waals surface area contributed by atoms with Crippen molar-refractivity contribution in [2.75, 3.05) is 13.2 Å². The second kappa shape index (κ2) is 5.71. The summed E-state index contributed by atoms with van der Waals surface area (Å²) < 4.78 is 5.28. The monoisotopic (exact) mass is 265 g/mol. The quantitative estimate of drug-likeness (QED) is 0.807. The average Bonchev–Trinajstić information content (AvgIpc) is 2.79. The number of amides is 1. The molecule has 0 radical (unpaired) electrons. The summed E-state index contributed by atoms with van der Waals surface area (Å²) in [4.78, 5) is 24.0. The van der Waals surface area contributed by atoms with Crippen molar-refractivity contribution in [3.63, 3.8) is 0 Å². The van der Waals surface area contributed by atoms with Gasteiger partial charge >= 0.3 is 5.97 Å². The van der Waals surface area contributed by atoms with Gasteiger partial charge in [0.05, 0.1) is 6.10 Å². The highest BCUT2D eigenvalue weighted by atomic mass is 16.5. The van der Waals surface area contributed by atoms with Gasteiger partial charge in [-0.3, -0.25) is 4.79 Å². The molecule has 0 saturated carbocycles. The summed E-state index contributed by atoms with van der Waals surface area (Å²) in [7, 11) is 0. The largest absolute Gasteiger partial charge is 0.484 e. The van der Waals surface area contributed by atoms with Crippen LogP contribution in [0.3, 0.4) is 0 Å². The van der Waals surface area contributed by atoms with E-state index in [0.29, 0.717) is 5.75 Å². The Hall–Kier alpha value is -2.08. The van der Waals surface area contributed by atoms with Crippen LogP contribution in [0.25, 0.3) is 0 Å². The third-order valence-electron chi connectivity index (χ3n) is 2.99. The minimum atomic E-state index is -1.11. The first-order chi connectivity index (χ1) is 9.08. The van der Waals surface area contributed by atoms with E-state index in [0.717, 1.165) is 4.90 Å². The molecule has 1 amide bonds. The number of hydrogen-bond acceptors (Lipinski definition) is 4. The van der Waals surface area contributed by atoms with E-state index in [9.17, 15) is 14.7 Å². The molecule has 102 valence electrons. The van der Waals surface area contributed by atoms with Crippen molar-refractivity contribution in [1.82, 2.24) is 4.90 Å². The molecule has 2 N–H and O–H groups in total. The number of aliphatic carboxylic acids is 1. The van der Waals surface area contributed by atoms with E-state index in [-0.39, 0.29) is 19.6 Å². The van der Waals surface area contributed by atoms with Crippen LogP contribution in [0.1, 0.15) is 6.42 Å². The van der Waals surface area contributed by atoms with E-state index in [4.69, 9.17) is 9.84 Å². The number of carbonyl (C=O) groups is 2. The lowest BCUT2D eigenvalue weighted by Gasteiger charge is -2.21. The van der Waals surface area contributed by atoms with Crippen LogP contribution in [0.15, 0.2) is 30.3 Å². The van der Waals surface area contributed by atoms with Gasteiger partial charge in [-0.05, 0) is 12.1 Å². The summed E-state index contributed by atoms with van der Waals surface area (Å²) in [5, 5.41) is 18.4. The van der Waals surface area contributed by atoms with Gasteiger partial charge in [0.1, 0.15) is 11.8 Å². The summed E-state index contributed by atoms with van der Waals surface area (Å²) in [5.74, 6) is -1.00. The predicted molar refractivity (Wildman–Crippen MR) is 65.7 cm³/mol. The lowest BCUT2D eigenvalue weighted by Crippen LogP contribution is -2.42. The molecule has 0 unspecified atom stereocenters. The Morgan fingerprint density at radius 1 is 1.32 bits per heavy atom. The van der Waals surface area contributed by atoms with Gasteiger partial charge in [0.25, 0.3) is 5.91 Å². The number of hydrogen-bond donors (Lipinski definition) is 2. The number of β-amino-alcohol motifs (C(OH)–C–C–N with tert-alkyl or cyclic N) is 1. The number of ether oxygens (including phenoxy) is 1. The fraction of sp³-hybridized carbons (Fsp3) is 0.385. The third kappa shape index (κ3) is 3.23. The normalized spacial score (nSPS) is 22.3. The maximum Gasteiger partial charge on any atom is 0.326 e. The Bertz CT molecular complexity index is 461. The Morgan fingerprint density at radius 2 is 2.00 bits per heavy atom. The van der Waals surface area contributed by atoms with E-state index >= 15 is 0 Å². The van der Waals surface area contributed by atoms with Crippen molar-refractivity contribution < 1.29 is 24.5 Å². The number of para-hydroxylation sites is 1. The molecule has 0 spiro atoms. The molecular weight excluding hydrogens is 250 g/mol. The SMILES string of the molecule is O=C(O)[C@H]1C[C@H](O)CN1C(=O)COc1ccccc1. The molecule has 1 aliphatic heterocycles. The van der Waals surface area contributed by atoms with Crippen molar-refractivity contribution >= 4 is 11.9 Å². The summed E-state index contributed by atoms with van der Waals surface area (Å²) in [6.07, 6.45) is -0.728. The topological polar surface area (TPSA) is 87.1 Å². The van der Waals surface area contributed by atoms with Gasteiger partial charge in [-0.25, -0.2) is 4.79 Å². The Kier molecular flexibility index (Phi) is 4.01. The molecule has 2 rings (SSSR count). The van der Waals surface area contributed by atoms with Crippen LogP contribution in [0.4, 0.5) is 0 Å². The highest BCUT2D eigenvalue weighted by Crippen LogP contribution is 2.18. The zero-order valence-electron chi connectivity index (χ0n) is 10.2. The van der Waals surface area contributed by atoms with Crippen LogP contribution in [0, 0.1) is 0 Å². The number of benzene rings is 1. The molecule has 1 heterocycles. The van der Waals surface area contributed by atoms with E-state index in [1.54, 1.807) is 24.3 Å². The minimum Gasteiger partial charge on any atom is -0.484 e. The maximum atomic E-state index is 11.9. The second-order valence-corrected chi connectivity index (χ2v) is 4.39. The Balaban J connectivity index is 1.94. The molecule has 1 aromatic rings. The number of carboxylic acid groups (broad SMARTS) is 1. The minimum absolute atomic E-state index is 0.0357. The lowest BCUT2D eigenvalue weighted by atomic mass is 10.2. The van der Waals surface area contributed by atoms with Crippen LogP contribution in [0.2, 0.25) is 0 Å². The molecule has 2 atom stereocenters. The van der Waals surface area contributed by atoms with E-state index in [2.05, 4.69) is 0 Å². The fourth-order valence-corrected chi connectivity index (χ4v) is 2.07. The Labute approximate surface area is 110 Å². The number of carboxylic acids is 1. The van der Waals surface area contributed by atoms with Gasteiger partial charge in [0.2, 0.25) is 0 Å². The molecule has 0 aliphatic carbocycles. The fourth-order valence-electron chi connectivity index (χ4n) is 2.07. The van der Waals surface area contributed by atoms with Gasteiger partial charge in [-0.2, -0.15) is 0 Å². The first kappa shape index (κ1) is 13.4. The molecule has 1 fully saturated rings. The number of aliphatic hydroxyl groups excluding tert-OH is 1. The number of nitrogens with zero attached hydrogens (tertiary/aromatic N) is 1. The molecule has 0 bridgehead atoms. The first-order valence-electron chi connectivity index (χ1n) is 5.96. The zero-order chi connectivity index (χ0) is 13.8. The molecule has 0 aromatic heterocycles. The van der Waals surface area contributed by atoms with Gasteiger partial charge in [0, 0.05) is 13.0 Å². The third-order valence-corrected chi connectivity index (χ3v) is 2.99. The second-order valence-electron chi connectivity index (χ2n) is 4.39. The molecule has 1 aliphatic rings. The van der Waals surface area contributed by atoms with Crippen LogP contribution in [0.5, 0.6) is 5.75 Å². The van der Waals surface area contributed by atoms with Crippen LogP contribution in [-0.4, -0.2) is 52.3 Å². The molecule has 6 heteroatoms. The molecule has 1 aromatic carbocycles. The number of likely N-dealkylation sites (tertiary alicyclic amines) is 1. The highest BCUT2D eigenvalue weighted by Gasteiger charge is 2.38. The van der Waals surface area contributed by atoms with Gasteiger partial charge in [-0.15, -0.1) is 0 Å². The van der Waals surface area contributed by atoms with Crippen molar-refractivity contribution in [2.45, 2.75) is 18.6 Å². The molecule has 19 heavy (non-hydrogen) atoms. The average molecular weight is 265 g/mol. The van der Waals surface area contributed by atoms with Gasteiger partial charge < -0.3 is 19.8 Å². The molecule has 6 nitrogen and oxygen atoms in total. The predicted octanol–water partition coefficient (Wildman–Crippen LogP) is 0.112. The summed E-state index contributed by atoms with van der Waals surface area (Å²) >= 11 is 0. The van der Waals surface area contributed by atoms with Crippen molar-refractivity contribution in [1.29, 1.82) is 0 Å². The number of aliphatic hydroxyl groups is 1. The van der Waals surface area contributed by atoms with Crippen molar-refractivity contribution in [3.8, 4) is 5.75 Å². The summed E-state index contributed by atoms with van der Waals surface area (Å²) in [6, 6.07) is 7.83. The highest BCUT2D eigenvalue weighted by molar-refractivity contribution is 5.85. The zero-order valence-corrected chi connectivity index (χ0v) is 10.2. The summed E-state index contributed by atoms with van der Waals surface area (Å²) in [6.45, 7) is -0.200. The smallest absolute Gasteiger partial charge is 0.326 e. The van der Waals surface area contributed by atoms with Crippen LogP contribution >= 0.6 is 0 Å². The maximum absolute atomic E-state index is 11.9. The van der Waals surface area contributed by atoms with Crippen LogP contribution in [-0.2, 0) is 9.59 Å². The first-order valence-corrected chi connectivity index (χ1v) is 5.96. The molecule has 1 saturated heterocycles. The number of carbonyl (C=O) groups excluding carboxylic acids is 1. The van der Waals surface area contributed by atoms with E-state index < -0.39 is 24.0 Å². The van der Waals surface area contributed by atoms with Crippen LogP contribution < -0.4 is 4.74 Å². The standard InChI is InChI=1S/C13H15NO5/c15-9-6-11(13(17)18)14(7-9)12(16)8-19-10-4-2-1-3-5-10/h1-5,9,11,15H,6-8H2,(H,17,18)/t9-,11+/m0/s1. The van der Waals surface area contributed by atoms with E-state index in [1.165, 1.54) is 0 Å². The van der Waals surface area contributed by atoms with Crippen molar-refractivity contribution in [2.24, 2.45) is 0 Å².